The Balaban J connectivity index is 1.52. The van der Waals surface area contributed by atoms with Crippen LogP contribution >= 0.6 is 23.2 Å². The summed E-state index contributed by atoms with van der Waals surface area (Å²) in [5.41, 5.74) is 2.70. The zero-order chi connectivity index (χ0) is 26.0. The molecule has 2 saturated heterocycles. The van der Waals surface area contributed by atoms with Gasteiger partial charge >= 0.3 is 6.03 Å². The largest absolute Gasteiger partial charge is 0.322 e. The van der Waals surface area contributed by atoms with E-state index in [9.17, 15) is 13.2 Å². The Labute approximate surface area is 222 Å². The Morgan fingerprint density at radius 3 is 2.28 bits per heavy atom. The number of carbonyl (C=O) groups is 1. The van der Waals surface area contributed by atoms with Crippen molar-refractivity contribution in [2.24, 2.45) is 0 Å². The summed E-state index contributed by atoms with van der Waals surface area (Å²) in [7, 11) is -1.23. The monoisotopic (exact) mass is 549 g/mol. The standard InChI is InChI=1S/C25H29Cl2N5O3S/c1-29(15-19-5-3-18(14-28)4-6-19)24-17-31(16-21(24)20-7-8-22(26)23(27)13-20)25(33)30-9-11-32(12-10-30)36(2,34)35/h3-8,13,21,24H,9-12,15-17H2,1-2H3/t21-,24+/m1/s1. The van der Waals surface area contributed by atoms with Crippen LogP contribution in [0.15, 0.2) is 42.5 Å². The van der Waals surface area contributed by atoms with Gasteiger partial charge in [0, 0.05) is 57.8 Å². The van der Waals surface area contributed by atoms with Crippen LogP contribution in [0.1, 0.15) is 22.6 Å². The molecule has 2 heterocycles. The van der Waals surface area contributed by atoms with Gasteiger partial charge in [-0.25, -0.2) is 13.2 Å². The number of benzene rings is 2. The van der Waals surface area contributed by atoms with E-state index in [0.717, 1.165) is 11.1 Å². The zero-order valence-corrected chi connectivity index (χ0v) is 22.6. The van der Waals surface area contributed by atoms with E-state index in [1.807, 2.05) is 36.2 Å². The molecule has 192 valence electrons. The van der Waals surface area contributed by atoms with E-state index in [1.165, 1.54) is 10.6 Å². The van der Waals surface area contributed by atoms with Gasteiger partial charge in [0.2, 0.25) is 10.0 Å². The molecule has 0 aliphatic carbocycles. The minimum absolute atomic E-state index is 0.0180. The third kappa shape index (κ3) is 5.96. The second kappa shape index (κ2) is 11.0. The number of rotatable bonds is 5. The van der Waals surface area contributed by atoms with E-state index in [-0.39, 0.29) is 18.0 Å². The Morgan fingerprint density at radius 1 is 1.03 bits per heavy atom. The van der Waals surface area contributed by atoms with Crippen molar-refractivity contribution in [2.75, 3.05) is 52.6 Å². The summed E-state index contributed by atoms with van der Waals surface area (Å²) >= 11 is 12.5. The summed E-state index contributed by atoms with van der Waals surface area (Å²) in [5, 5.41) is 10.0. The summed E-state index contributed by atoms with van der Waals surface area (Å²) in [6, 6.07) is 15.2. The molecule has 0 unspecified atom stereocenters. The first-order chi connectivity index (χ1) is 17.1. The minimum atomic E-state index is -3.27. The van der Waals surface area contributed by atoms with Crippen molar-refractivity contribution in [2.45, 2.75) is 18.5 Å². The molecule has 0 radical (unpaired) electrons. The molecular weight excluding hydrogens is 521 g/mol. The number of likely N-dealkylation sites (N-methyl/N-ethyl adjacent to an activating group) is 1. The lowest BCUT2D eigenvalue weighted by molar-refractivity contribution is 0.138. The van der Waals surface area contributed by atoms with Gasteiger partial charge in [-0.1, -0.05) is 41.4 Å². The number of amides is 2. The van der Waals surface area contributed by atoms with Crippen molar-refractivity contribution in [1.82, 2.24) is 19.0 Å². The van der Waals surface area contributed by atoms with Crippen molar-refractivity contribution < 1.29 is 13.2 Å². The number of hydrogen-bond donors (Lipinski definition) is 0. The highest BCUT2D eigenvalue weighted by molar-refractivity contribution is 7.88. The van der Waals surface area contributed by atoms with Crippen molar-refractivity contribution in [3.63, 3.8) is 0 Å². The van der Waals surface area contributed by atoms with E-state index >= 15 is 0 Å². The molecule has 8 nitrogen and oxygen atoms in total. The molecule has 2 aliphatic heterocycles. The van der Waals surface area contributed by atoms with Crippen LogP contribution in [0.3, 0.4) is 0 Å². The Kier molecular flexibility index (Phi) is 8.12. The summed E-state index contributed by atoms with van der Waals surface area (Å²) < 4.78 is 25.1. The number of sulfonamides is 1. The fourth-order valence-corrected chi connectivity index (χ4v) is 6.09. The Bertz CT molecular complexity index is 1260. The molecular formula is C25H29Cl2N5O3S. The Hall–Kier alpha value is -2.35. The number of halogens is 2. The van der Waals surface area contributed by atoms with Gasteiger partial charge < -0.3 is 9.80 Å². The highest BCUT2D eigenvalue weighted by atomic mass is 35.5. The van der Waals surface area contributed by atoms with E-state index in [0.29, 0.717) is 61.4 Å². The first-order valence-electron chi connectivity index (χ1n) is 11.7. The highest BCUT2D eigenvalue weighted by Gasteiger charge is 2.40. The van der Waals surface area contributed by atoms with E-state index < -0.39 is 10.0 Å². The lowest BCUT2D eigenvalue weighted by Crippen LogP contribution is -2.53. The zero-order valence-electron chi connectivity index (χ0n) is 20.3. The molecule has 4 rings (SSSR count). The van der Waals surface area contributed by atoms with Crippen LogP contribution in [0.25, 0.3) is 0 Å². The van der Waals surface area contributed by atoms with E-state index in [2.05, 4.69) is 11.0 Å². The SMILES string of the molecule is CN(Cc1ccc(C#N)cc1)[C@H]1CN(C(=O)N2CCN(S(C)(=O)=O)CC2)C[C@@H]1c1ccc(Cl)c(Cl)c1. The smallest absolute Gasteiger partial charge is 0.320 e. The number of urea groups is 1. The molecule has 0 spiro atoms. The molecule has 2 atom stereocenters. The molecule has 2 amide bonds. The maximum absolute atomic E-state index is 13.4. The van der Waals surface area contributed by atoms with E-state index in [4.69, 9.17) is 28.5 Å². The maximum Gasteiger partial charge on any atom is 0.320 e. The molecule has 0 N–H and O–H groups in total. The first-order valence-corrected chi connectivity index (χ1v) is 14.3. The van der Waals surface area contributed by atoms with Crippen LogP contribution in [0.4, 0.5) is 4.79 Å². The quantitative estimate of drug-likeness (QED) is 0.569. The summed E-state index contributed by atoms with van der Waals surface area (Å²) in [6.45, 7) is 3.04. The topological polar surface area (TPSA) is 88.0 Å². The van der Waals surface area contributed by atoms with Crippen LogP contribution in [-0.4, -0.2) is 92.1 Å². The van der Waals surface area contributed by atoms with Crippen molar-refractivity contribution >= 4 is 39.3 Å². The van der Waals surface area contributed by atoms with Gasteiger partial charge in [0.25, 0.3) is 0 Å². The third-order valence-electron chi connectivity index (χ3n) is 6.99. The maximum atomic E-state index is 13.4. The third-order valence-corrected chi connectivity index (χ3v) is 9.03. The van der Waals surface area contributed by atoms with Gasteiger partial charge in [0.1, 0.15) is 0 Å². The lowest BCUT2D eigenvalue weighted by atomic mass is 9.93. The van der Waals surface area contributed by atoms with Gasteiger partial charge in [-0.15, -0.1) is 0 Å². The van der Waals surface area contributed by atoms with Gasteiger partial charge in [-0.3, -0.25) is 4.90 Å². The van der Waals surface area contributed by atoms with Crippen LogP contribution in [0, 0.1) is 11.3 Å². The summed E-state index contributed by atoms with van der Waals surface area (Å²) in [5.74, 6) is 0.0180. The molecule has 11 heteroatoms. The summed E-state index contributed by atoms with van der Waals surface area (Å²) in [6.07, 6.45) is 1.20. The highest BCUT2D eigenvalue weighted by Crippen LogP contribution is 2.35. The van der Waals surface area contributed by atoms with Crippen LogP contribution in [-0.2, 0) is 16.6 Å². The van der Waals surface area contributed by atoms with Crippen LogP contribution in [0.5, 0.6) is 0 Å². The van der Waals surface area contributed by atoms with Crippen LogP contribution < -0.4 is 0 Å². The molecule has 2 aromatic carbocycles. The van der Waals surface area contributed by atoms with Crippen molar-refractivity contribution in [3.05, 3.63) is 69.2 Å². The van der Waals surface area contributed by atoms with E-state index in [1.54, 1.807) is 23.1 Å². The van der Waals surface area contributed by atoms with Gasteiger partial charge in [-0.05, 0) is 42.4 Å². The molecule has 2 fully saturated rings. The van der Waals surface area contributed by atoms with Gasteiger partial charge in [-0.2, -0.15) is 9.57 Å². The second-order valence-electron chi connectivity index (χ2n) is 9.41. The molecule has 2 aliphatic rings. The lowest BCUT2D eigenvalue weighted by Gasteiger charge is -2.35. The minimum Gasteiger partial charge on any atom is -0.322 e. The fourth-order valence-electron chi connectivity index (χ4n) is 4.96. The van der Waals surface area contributed by atoms with Crippen molar-refractivity contribution in [3.8, 4) is 6.07 Å². The Morgan fingerprint density at radius 2 is 1.69 bits per heavy atom. The van der Waals surface area contributed by atoms with Crippen molar-refractivity contribution in [1.29, 1.82) is 5.26 Å². The normalized spacial score (nSPS) is 21.1. The summed E-state index contributed by atoms with van der Waals surface area (Å²) in [4.78, 5) is 19.2. The molecule has 0 aromatic heterocycles. The first kappa shape index (κ1) is 26.7. The average Bonchev–Trinajstić information content (AvgIpc) is 3.31. The molecule has 2 aromatic rings. The van der Waals surface area contributed by atoms with Gasteiger partial charge in [0.05, 0.1) is 27.9 Å². The molecule has 36 heavy (non-hydrogen) atoms. The molecule has 0 bridgehead atoms. The number of nitriles is 1. The number of carbonyl (C=O) groups excluding carboxylic acids is 1. The number of hydrogen-bond acceptors (Lipinski definition) is 5. The predicted octanol–water partition coefficient (Wildman–Crippen LogP) is 3.46. The number of piperazine rings is 1. The fraction of sp³-hybridized carbons (Fsp3) is 0.440. The van der Waals surface area contributed by atoms with Gasteiger partial charge in [0.15, 0.2) is 0 Å². The average molecular weight is 551 g/mol. The number of nitrogens with zero attached hydrogens (tertiary/aromatic N) is 5. The van der Waals surface area contributed by atoms with Crippen LogP contribution in [0.2, 0.25) is 10.0 Å². The predicted molar refractivity (Wildman–Crippen MR) is 141 cm³/mol. The number of likely N-dealkylation sites (tertiary alicyclic amines) is 1. The second-order valence-corrected chi connectivity index (χ2v) is 12.2. The molecule has 0 saturated carbocycles.